The molecule has 0 heterocycles. The van der Waals surface area contributed by atoms with Gasteiger partial charge >= 0.3 is 19.8 Å². The number of allylic oxidation sites excluding steroid dienone is 11. The molecule has 0 bridgehead atoms. The Hall–Kier alpha value is -2.63. The van der Waals surface area contributed by atoms with Gasteiger partial charge in [0.05, 0.1) is 25.9 Å². The smallest absolute Gasteiger partial charge is 0.462 e. The molecule has 0 spiro atoms. The van der Waals surface area contributed by atoms with Crippen LogP contribution in [0.2, 0.25) is 0 Å². The van der Waals surface area contributed by atoms with Crippen LogP contribution in [-0.4, -0.2) is 76.9 Å². The van der Waals surface area contributed by atoms with Crippen molar-refractivity contribution in [1.29, 1.82) is 0 Å². The summed E-state index contributed by atoms with van der Waals surface area (Å²) in [6.07, 6.45) is 40.3. The minimum Gasteiger partial charge on any atom is -0.462 e. The summed E-state index contributed by atoms with van der Waals surface area (Å²) in [6, 6.07) is 0. The van der Waals surface area contributed by atoms with Crippen LogP contribution in [0, 0.1) is 0 Å². The van der Waals surface area contributed by atoms with Crippen LogP contribution >= 0.6 is 7.82 Å². The minimum absolute atomic E-state index is 0.134. The summed E-state index contributed by atoms with van der Waals surface area (Å²) in [5, 5.41) is 28.4. The molecule has 0 aliphatic heterocycles. The van der Waals surface area contributed by atoms with Crippen LogP contribution < -0.4 is 0 Å². The third-order valence-electron chi connectivity index (χ3n) is 8.45. The van der Waals surface area contributed by atoms with Crippen LogP contribution in [0.15, 0.2) is 72.9 Å². The van der Waals surface area contributed by atoms with Crippen molar-refractivity contribution < 1.29 is 52.9 Å². The molecule has 0 amide bonds. The first kappa shape index (κ1) is 53.4. The predicted octanol–water partition coefficient (Wildman–Crippen LogP) is 9.86. The number of carbonyl (C=O) groups excluding carboxylic acids is 2. The summed E-state index contributed by atoms with van der Waals surface area (Å²) in [4.78, 5) is 35.0. The highest BCUT2D eigenvalue weighted by atomic mass is 31.2. The first-order valence-corrected chi connectivity index (χ1v) is 22.5. The van der Waals surface area contributed by atoms with E-state index in [0.29, 0.717) is 19.3 Å². The van der Waals surface area contributed by atoms with Crippen molar-refractivity contribution in [1.82, 2.24) is 0 Å². The largest absolute Gasteiger partial charge is 0.472 e. The fourth-order valence-electron chi connectivity index (χ4n) is 5.18. The third-order valence-corrected chi connectivity index (χ3v) is 9.40. The van der Waals surface area contributed by atoms with Crippen LogP contribution in [0.5, 0.6) is 0 Å². The van der Waals surface area contributed by atoms with Gasteiger partial charge in [0.1, 0.15) is 12.7 Å². The van der Waals surface area contributed by atoms with Crippen LogP contribution in [0.3, 0.4) is 0 Å². The lowest BCUT2D eigenvalue weighted by atomic mass is 10.1. The average Bonchev–Trinajstić information content (AvgIpc) is 3.18. The van der Waals surface area contributed by atoms with Gasteiger partial charge in [-0.05, 0) is 70.6 Å². The Balaban J connectivity index is 4.46. The van der Waals surface area contributed by atoms with Gasteiger partial charge in [0, 0.05) is 12.8 Å². The van der Waals surface area contributed by atoms with Crippen LogP contribution in [0.25, 0.3) is 0 Å². The average molecular weight is 811 g/mol. The quantitative estimate of drug-likeness (QED) is 0.0154. The molecule has 0 radical (unpaired) electrons. The van der Waals surface area contributed by atoms with E-state index < -0.39 is 57.9 Å². The molecule has 0 saturated heterocycles. The van der Waals surface area contributed by atoms with Gasteiger partial charge < -0.3 is 29.7 Å². The van der Waals surface area contributed by atoms with Gasteiger partial charge in [-0.1, -0.05) is 138 Å². The number of rotatable bonds is 38. The summed E-state index contributed by atoms with van der Waals surface area (Å²) in [7, 11) is -4.65. The summed E-state index contributed by atoms with van der Waals surface area (Å²) in [5.74, 6) is -1.03. The SMILES string of the molecule is CC/C=C/C/C=C/C=C/C(O)CCCCCCCC(=O)OC[C@H](COP(=O)(O)OC[C@@H](O)CO)OC(=O)CCCCCC/C=C\C/C=C\C/C=C\CCCCC. The Bertz CT molecular complexity index is 1180. The molecule has 12 heteroatoms. The molecule has 11 nitrogen and oxygen atoms in total. The van der Waals surface area contributed by atoms with Crippen molar-refractivity contribution in [2.75, 3.05) is 26.4 Å². The van der Waals surface area contributed by atoms with Crippen molar-refractivity contribution in [3.8, 4) is 0 Å². The number of carbonyl (C=O) groups is 2. The van der Waals surface area contributed by atoms with E-state index >= 15 is 0 Å². The van der Waals surface area contributed by atoms with Gasteiger partial charge in [0.15, 0.2) is 6.10 Å². The molecule has 0 aromatic rings. The molecule has 0 aromatic heterocycles. The van der Waals surface area contributed by atoms with Crippen molar-refractivity contribution >= 4 is 19.8 Å². The molecule has 56 heavy (non-hydrogen) atoms. The Labute approximate surface area is 338 Å². The first-order chi connectivity index (χ1) is 27.1. The molecular weight excluding hydrogens is 735 g/mol. The van der Waals surface area contributed by atoms with E-state index in [2.05, 4.69) is 67.0 Å². The number of ether oxygens (including phenoxy) is 2. The van der Waals surface area contributed by atoms with E-state index in [-0.39, 0.29) is 19.4 Å². The van der Waals surface area contributed by atoms with Crippen LogP contribution in [0.1, 0.15) is 149 Å². The molecule has 4 atom stereocenters. The highest BCUT2D eigenvalue weighted by molar-refractivity contribution is 7.47. The number of hydrogen-bond donors (Lipinski definition) is 4. The predicted molar refractivity (Wildman–Crippen MR) is 225 cm³/mol. The number of phosphoric ester groups is 1. The normalized spacial score (nSPS) is 15.2. The lowest BCUT2D eigenvalue weighted by Crippen LogP contribution is -2.29. The van der Waals surface area contributed by atoms with Gasteiger partial charge in [-0.15, -0.1) is 0 Å². The number of esters is 2. The second-order valence-electron chi connectivity index (χ2n) is 13.8. The van der Waals surface area contributed by atoms with Gasteiger partial charge in [0.25, 0.3) is 0 Å². The Kier molecular flexibility index (Phi) is 37.4. The van der Waals surface area contributed by atoms with Gasteiger partial charge in [-0.3, -0.25) is 18.6 Å². The highest BCUT2D eigenvalue weighted by Crippen LogP contribution is 2.43. The Morgan fingerprint density at radius 1 is 0.625 bits per heavy atom. The van der Waals surface area contributed by atoms with Gasteiger partial charge in [0.2, 0.25) is 0 Å². The van der Waals surface area contributed by atoms with Crippen LogP contribution in [0.4, 0.5) is 0 Å². The summed E-state index contributed by atoms with van der Waals surface area (Å²) in [5.41, 5.74) is 0. The third kappa shape index (κ3) is 38.3. The zero-order valence-electron chi connectivity index (χ0n) is 34.4. The molecule has 0 rings (SSSR count). The second-order valence-corrected chi connectivity index (χ2v) is 15.3. The Morgan fingerprint density at radius 2 is 1.18 bits per heavy atom. The minimum atomic E-state index is -4.65. The molecule has 4 N–H and O–H groups in total. The molecule has 0 aliphatic carbocycles. The fraction of sp³-hybridized carbons (Fsp3) is 0.682. The van der Waals surface area contributed by atoms with E-state index in [1.54, 1.807) is 6.08 Å². The maximum Gasteiger partial charge on any atom is 0.472 e. The number of unbranched alkanes of at least 4 members (excludes halogenated alkanes) is 11. The number of aliphatic hydroxyl groups is 3. The maximum absolute atomic E-state index is 12.6. The van der Waals surface area contributed by atoms with Crippen molar-refractivity contribution in [2.24, 2.45) is 0 Å². The van der Waals surface area contributed by atoms with Gasteiger partial charge in [-0.25, -0.2) is 4.57 Å². The van der Waals surface area contributed by atoms with E-state index in [1.807, 2.05) is 18.2 Å². The zero-order chi connectivity index (χ0) is 41.4. The Morgan fingerprint density at radius 3 is 1.84 bits per heavy atom. The van der Waals surface area contributed by atoms with E-state index in [4.69, 9.17) is 19.1 Å². The molecule has 0 aliphatic rings. The second kappa shape index (κ2) is 39.2. The van der Waals surface area contributed by atoms with Crippen LogP contribution in [-0.2, 0) is 32.7 Å². The molecule has 0 aromatic carbocycles. The summed E-state index contributed by atoms with van der Waals surface area (Å²) in [6.45, 7) is 2.06. The fourth-order valence-corrected chi connectivity index (χ4v) is 5.97. The lowest BCUT2D eigenvalue weighted by molar-refractivity contribution is -0.161. The zero-order valence-corrected chi connectivity index (χ0v) is 35.3. The highest BCUT2D eigenvalue weighted by Gasteiger charge is 2.27. The monoisotopic (exact) mass is 811 g/mol. The summed E-state index contributed by atoms with van der Waals surface area (Å²) >= 11 is 0. The molecular formula is C44H75O11P. The first-order valence-electron chi connectivity index (χ1n) is 21.0. The maximum atomic E-state index is 12.6. The molecule has 2 unspecified atom stereocenters. The lowest BCUT2D eigenvalue weighted by Gasteiger charge is -2.20. The molecule has 0 saturated carbocycles. The van der Waals surface area contributed by atoms with E-state index in [9.17, 15) is 29.3 Å². The van der Waals surface area contributed by atoms with Crippen molar-refractivity contribution in [3.05, 3.63) is 72.9 Å². The van der Waals surface area contributed by atoms with E-state index in [1.165, 1.54) is 19.3 Å². The summed E-state index contributed by atoms with van der Waals surface area (Å²) < 4.78 is 32.6. The number of hydrogen-bond acceptors (Lipinski definition) is 10. The van der Waals surface area contributed by atoms with Crippen molar-refractivity contribution in [3.63, 3.8) is 0 Å². The standard InChI is InChI=1S/C44H75O11P/c1-3-5-7-9-11-12-13-14-15-16-17-18-19-20-22-26-31-35-44(49)55-42(39-54-56(50,51)53-37-41(47)36-45)38-52-43(48)34-30-27-23-25-29-33-40(46)32-28-24-21-10-8-6-4-2/h6,8,11-12,14-15,17-18,21,24,28,32,40-42,45-47H,3-5,7,9-10,13,16,19-20,22-23,25-27,29-31,33-39H2,1-2H3,(H,50,51)/b8-6+,12-11-,15-14-,18-17-,24-21+,32-28+/t40?,41-,42+/m0/s1. The number of aliphatic hydroxyl groups excluding tert-OH is 3. The van der Waals surface area contributed by atoms with Crippen molar-refractivity contribution in [2.45, 2.75) is 167 Å². The molecule has 322 valence electrons. The van der Waals surface area contributed by atoms with E-state index in [0.717, 1.165) is 83.5 Å². The van der Waals surface area contributed by atoms with Gasteiger partial charge in [-0.2, -0.15) is 0 Å². The topological polar surface area (TPSA) is 169 Å². The number of phosphoric acid groups is 1. The molecule has 0 fully saturated rings.